The first-order valence-corrected chi connectivity index (χ1v) is 13.6. The van der Waals surface area contributed by atoms with Crippen LogP contribution in [-0.2, 0) is 19.3 Å². The highest BCUT2D eigenvalue weighted by molar-refractivity contribution is 6.04. The van der Waals surface area contributed by atoms with E-state index in [2.05, 4.69) is 27.8 Å². The Bertz CT molecular complexity index is 1740. The Morgan fingerprint density at radius 1 is 0.929 bits per heavy atom. The van der Waals surface area contributed by atoms with Crippen LogP contribution in [0.15, 0.2) is 103 Å². The fourth-order valence-corrected chi connectivity index (χ4v) is 5.26. The fourth-order valence-electron chi connectivity index (χ4n) is 5.26. The summed E-state index contributed by atoms with van der Waals surface area (Å²) in [4.78, 5) is 22.0. The van der Waals surface area contributed by atoms with Crippen LogP contribution in [0, 0.1) is 11.6 Å². The molecular formula is C33H28F2N6O. The van der Waals surface area contributed by atoms with Crippen molar-refractivity contribution in [1.82, 2.24) is 15.0 Å². The molecule has 4 N–H and O–H groups in total. The van der Waals surface area contributed by atoms with Gasteiger partial charge in [0.2, 0.25) is 5.95 Å². The van der Waals surface area contributed by atoms with Crippen molar-refractivity contribution in [3.8, 4) is 0 Å². The molecule has 9 heteroatoms. The lowest BCUT2D eigenvalue weighted by atomic mass is 9.98. The molecule has 6 rings (SSSR count). The van der Waals surface area contributed by atoms with Crippen molar-refractivity contribution in [1.29, 1.82) is 0 Å². The number of fused-ring (bicyclic) bond motifs is 1. The number of amides is 1. The second-order valence-corrected chi connectivity index (χ2v) is 10.1. The minimum absolute atomic E-state index is 0.397. The van der Waals surface area contributed by atoms with E-state index in [1.165, 1.54) is 28.6 Å². The van der Waals surface area contributed by atoms with Crippen molar-refractivity contribution in [2.45, 2.75) is 25.7 Å². The average molecular weight is 563 g/mol. The molecule has 1 amide bonds. The lowest BCUT2D eigenvalue weighted by Crippen LogP contribution is -2.26. The summed E-state index contributed by atoms with van der Waals surface area (Å²) in [6.07, 6.45) is 12.8. The summed E-state index contributed by atoms with van der Waals surface area (Å²) in [6.45, 7) is 0. The number of rotatable bonds is 7. The number of hydrazine groups is 1. The van der Waals surface area contributed by atoms with Gasteiger partial charge in [-0.25, -0.2) is 24.6 Å². The van der Waals surface area contributed by atoms with Crippen molar-refractivity contribution in [3.63, 3.8) is 0 Å². The van der Waals surface area contributed by atoms with Crippen LogP contribution in [0.4, 0.5) is 26.1 Å². The molecule has 0 radical (unpaired) electrons. The first-order valence-electron chi connectivity index (χ1n) is 13.6. The molecule has 0 atom stereocenters. The third kappa shape index (κ3) is 5.82. The first-order chi connectivity index (χ1) is 20.4. The van der Waals surface area contributed by atoms with Gasteiger partial charge in [0.15, 0.2) is 0 Å². The molecule has 2 aliphatic rings. The van der Waals surface area contributed by atoms with E-state index in [4.69, 9.17) is 10.8 Å². The number of carbonyl (C=O) groups is 1. The number of hydrogen-bond donors (Lipinski definition) is 3. The number of allylic oxidation sites excluding steroid dienone is 4. The summed E-state index contributed by atoms with van der Waals surface area (Å²) in [7, 11) is 0. The summed E-state index contributed by atoms with van der Waals surface area (Å²) < 4.78 is 28.3. The summed E-state index contributed by atoms with van der Waals surface area (Å²) in [5.41, 5.74) is 6.49. The van der Waals surface area contributed by atoms with Gasteiger partial charge in [0, 0.05) is 35.8 Å². The van der Waals surface area contributed by atoms with Crippen molar-refractivity contribution in [2.24, 2.45) is 5.84 Å². The van der Waals surface area contributed by atoms with Gasteiger partial charge in [-0.2, -0.15) is 0 Å². The fraction of sp³-hybridized carbons (Fsp3) is 0.121. The Balaban J connectivity index is 1.29. The van der Waals surface area contributed by atoms with Crippen molar-refractivity contribution in [3.05, 3.63) is 143 Å². The molecule has 0 saturated heterocycles. The van der Waals surface area contributed by atoms with Crippen LogP contribution in [0.3, 0.4) is 0 Å². The number of halogens is 2. The second kappa shape index (κ2) is 11.8. The molecule has 3 aromatic carbocycles. The smallest absolute Gasteiger partial charge is 0.261 e. The van der Waals surface area contributed by atoms with Crippen LogP contribution < -0.4 is 16.5 Å². The lowest BCUT2D eigenvalue weighted by molar-refractivity contribution is 0.101. The van der Waals surface area contributed by atoms with Crippen molar-refractivity contribution < 1.29 is 13.6 Å². The Morgan fingerprint density at radius 2 is 1.74 bits per heavy atom. The van der Waals surface area contributed by atoms with Gasteiger partial charge in [0.25, 0.3) is 5.91 Å². The Hall–Kier alpha value is -5.15. The third-order valence-corrected chi connectivity index (χ3v) is 7.27. The van der Waals surface area contributed by atoms with Crippen LogP contribution in [0.1, 0.15) is 39.2 Å². The SMILES string of the molecule is NN1C=CC=C/C1=C(/Cc1cccc(NC(=O)c2c(F)cccc2F)c1)c1ccnc(Nc2ccc3c(c2)CCC3)n1. The van der Waals surface area contributed by atoms with Crippen molar-refractivity contribution in [2.75, 3.05) is 10.6 Å². The molecular weight excluding hydrogens is 534 g/mol. The highest BCUT2D eigenvalue weighted by atomic mass is 19.1. The second-order valence-electron chi connectivity index (χ2n) is 10.1. The largest absolute Gasteiger partial charge is 0.324 e. The number of nitrogens with two attached hydrogens (primary N) is 1. The van der Waals surface area contributed by atoms with E-state index in [1.807, 2.05) is 36.4 Å². The van der Waals surface area contributed by atoms with Gasteiger partial charge in [0.05, 0.1) is 11.4 Å². The molecule has 42 heavy (non-hydrogen) atoms. The zero-order valence-electron chi connectivity index (χ0n) is 22.6. The van der Waals surface area contributed by atoms with Crippen LogP contribution in [0.25, 0.3) is 5.57 Å². The van der Waals surface area contributed by atoms with Gasteiger partial charge in [0.1, 0.15) is 17.2 Å². The zero-order chi connectivity index (χ0) is 29.1. The normalized spacial score (nSPS) is 15.0. The van der Waals surface area contributed by atoms with E-state index in [0.29, 0.717) is 23.8 Å². The van der Waals surface area contributed by atoms with Gasteiger partial charge in [-0.1, -0.05) is 30.3 Å². The van der Waals surface area contributed by atoms with Crippen molar-refractivity contribution >= 4 is 28.8 Å². The highest BCUT2D eigenvalue weighted by Gasteiger charge is 2.19. The summed E-state index contributed by atoms with van der Waals surface area (Å²) >= 11 is 0. The molecule has 2 heterocycles. The topological polar surface area (TPSA) is 96.2 Å². The van der Waals surface area contributed by atoms with Gasteiger partial charge >= 0.3 is 0 Å². The number of hydrogen-bond acceptors (Lipinski definition) is 6. The highest BCUT2D eigenvalue weighted by Crippen LogP contribution is 2.29. The zero-order valence-corrected chi connectivity index (χ0v) is 22.6. The Morgan fingerprint density at radius 3 is 2.57 bits per heavy atom. The standard InChI is InChI=1S/C33H28F2N6O/c34-27-10-5-11-28(35)31(27)32(42)38-24-9-3-6-21(18-24)19-26(30-12-1-2-17-41(30)36)29-15-16-37-33(40-29)39-25-14-13-22-7-4-8-23(22)20-25/h1-3,5-6,9-18,20H,4,7-8,19,36H2,(H,38,42)(H,37,39,40)/b30-26+. The number of aryl methyl sites for hydroxylation is 2. The van der Waals surface area contributed by atoms with Gasteiger partial charge < -0.3 is 10.6 Å². The maximum atomic E-state index is 14.2. The van der Waals surface area contributed by atoms with Gasteiger partial charge in [-0.3, -0.25) is 9.80 Å². The molecule has 0 unspecified atom stereocenters. The predicted molar refractivity (Wildman–Crippen MR) is 159 cm³/mol. The van der Waals surface area contributed by atoms with E-state index >= 15 is 0 Å². The van der Waals surface area contributed by atoms with E-state index < -0.39 is 23.1 Å². The summed E-state index contributed by atoms with van der Waals surface area (Å²) in [6, 6.07) is 18.6. The number of carbonyl (C=O) groups excluding carboxylic acids is 1. The monoisotopic (exact) mass is 562 g/mol. The number of nitrogens with one attached hydrogen (secondary N) is 2. The minimum Gasteiger partial charge on any atom is -0.324 e. The lowest BCUT2D eigenvalue weighted by Gasteiger charge is -2.22. The third-order valence-electron chi connectivity index (χ3n) is 7.27. The maximum Gasteiger partial charge on any atom is 0.261 e. The predicted octanol–water partition coefficient (Wildman–Crippen LogP) is 6.45. The van der Waals surface area contributed by atoms with Gasteiger partial charge in [-0.05, 0) is 90.6 Å². The summed E-state index contributed by atoms with van der Waals surface area (Å²) in [5.74, 6) is 4.06. The quantitative estimate of drug-likeness (QED) is 0.224. The van der Waals surface area contributed by atoms with Crippen LogP contribution in [0.5, 0.6) is 0 Å². The molecule has 210 valence electrons. The average Bonchev–Trinajstić information content (AvgIpc) is 3.45. The van der Waals surface area contributed by atoms with Crippen LogP contribution in [-0.4, -0.2) is 20.9 Å². The van der Waals surface area contributed by atoms with Crippen LogP contribution in [0.2, 0.25) is 0 Å². The van der Waals surface area contributed by atoms with E-state index in [-0.39, 0.29) is 0 Å². The molecule has 0 saturated carbocycles. The Labute approximate surface area is 242 Å². The Kier molecular flexibility index (Phi) is 7.57. The number of anilines is 3. The molecule has 0 spiro atoms. The molecule has 4 aromatic rings. The molecule has 1 aromatic heterocycles. The maximum absolute atomic E-state index is 14.2. The van der Waals surface area contributed by atoms with E-state index in [1.54, 1.807) is 30.6 Å². The molecule has 0 fully saturated rings. The summed E-state index contributed by atoms with van der Waals surface area (Å²) in [5, 5.41) is 7.46. The van der Waals surface area contributed by atoms with Crippen LogP contribution >= 0.6 is 0 Å². The molecule has 0 bridgehead atoms. The molecule has 1 aliphatic carbocycles. The minimum atomic E-state index is -0.927. The first kappa shape index (κ1) is 27.0. The molecule has 1 aliphatic heterocycles. The van der Waals surface area contributed by atoms with Gasteiger partial charge in [-0.15, -0.1) is 0 Å². The van der Waals surface area contributed by atoms with E-state index in [0.717, 1.165) is 47.5 Å². The number of nitrogens with zero attached hydrogens (tertiary/aromatic N) is 3. The molecule has 7 nitrogen and oxygen atoms in total. The van der Waals surface area contributed by atoms with E-state index in [9.17, 15) is 13.6 Å². The number of benzene rings is 3. The number of aromatic nitrogens is 2.